The van der Waals surface area contributed by atoms with E-state index < -0.39 is 16.7 Å². The van der Waals surface area contributed by atoms with Crippen LogP contribution in [0.1, 0.15) is 70.3 Å². The standard InChI is InChI=1S/C22H27N3O4S/c1-5-22(3,4)14-8-9-15-17(11-14)30-21(18(15)19(23)26)24-20(27)13-7-6-12(2)16(10-13)25(28)29/h6-7,10,14H,5,8-9,11H2,1-4H3,(H2,23,26)(H,24,27)/t14-/m0/s1. The largest absolute Gasteiger partial charge is 0.365 e. The van der Waals surface area contributed by atoms with Crippen molar-refractivity contribution in [3.05, 3.63) is 55.4 Å². The number of benzene rings is 1. The number of fused-ring (bicyclic) bond motifs is 1. The fraction of sp³-hybridized carbons (Fsp3) is 0.455. The summed E-state index contributed by atoms with van der Waals surface area (Å²) in [5.74, 6) is -0.562. The molecule has 0 saturated carbocycles. The van der Waals surface area contributed by atoms with E-state index in [1.807, 2.05) is 0 Å². The van der Waals surface area contributed by atoms with Crippen molar-refractivity contribution in [1.29, 1.82) is 0 Å². The van der Waals surface area contributed by atoms with Gasteiger partial charge in [-0.15, -0.1) is 11.3 Å². The molecular formula is C22H27N3O4S. The molecule has 7 nitrogen and oxygen atoms in total. The highest BCUT2D eigenvalue weighted by Crippen LogP contribution is 2.45. The molecule has 30 heavy (non-hydrogen) atoms. The Kier molecular flexibility index (Phi) is 5.99. The van der Waals surface area contributed by atoms with Crippen LogP contribution in [0.5, 0.6) is 0 Å². The number of carbonyl (C=O) groups excluding carboxylic acids is 2. The lowest BCUT2D eigenvalue weighted by Crippen LogP contribution is -2.29. The highest BCUT2D eigenvalue weighted by Gasteiger charge is 2.35. The van der Waals surface area contributed by atoms with Gasteiger partial charge in [0.1, 0.15) is 5.00 Å². The number of rotatable bonds is 6. The maximum absolute atomic E-state index is 12.8. The smallest absolute Gasteiger partial charge is 0.273 e. The van der Waals surface area contributed by atoms with Crippen molar-refractivity contribution >= 4 is 33.8 Å². The van der Waals surface area contributed by atoms with Crippen LogP contribution >= 0.6 is 11.3 Å². The second kappa shape index (κ2) is 8.18. The minimum Gasteiger partial charge on any atom is -0.365 e. The van der Waals surface area contributed by atoms with Crippen LogP contribution < -0.4 is 11.1 Å². The number of carbonyl (C=O) groups is 2. The lowest BCUT2D eigenvalue weighted by Gasteiger charge is -2.36. The summed E-state index contributed by atoms with van der Waals surface area (Å²) in [6.45, 7) is 8.33. The van der Waals surface area contributed by atoms with Gasteiger partial charge in [-0.1, -0.05) is 33.3 Å². The first kappa shape index (κ1) is 22.0. The van der Waals surface area contributed by atoms with Crippen molar-refractivity contribution < 1.29 is 14.5 Å². The van der Waals surface area contributed by atoms with Crippen LogP contribution in [-0.2, 0) is 12.8 Å². The normalized spacial score (nSPS) is 16.1. The molecule has 1 aliphatic rings. The van der Waals surface area contributed by atoms with Crippen LogP contribution in [0.2, 0.25) is 0 Å². The third kappa shape index (κ3) is 4.09. The minimum atomic E-state index is -0.564. The highest BCUT2D eigenvalue weighted by molar-refractivity contribution is 7.17. The zero-order valence-corrected chi connectivity index (χ0v) is 18.5. The van der Waals surface area contributed by atoms with Gasteiger partial charge in [-0.3, -0.25) is 19.7 Å². The van der Waals surface area contributed by atoms with E-state index in [9.17, 15) is 19.7 Å². The zero-order chi connectivity index (χ0) is 22.2. The molecule has 0 radical (unpaired) electrons. The van der Waals surface area contributed by atoms with Crippen molar-refractivity contribution in [1.82, 2.24) is 0 Å². The number of aryl methyl sites for hydroxylation is 1. The molecule has 8 heteroatoms. The fourth-order valence-corrected chi connectivity index (χ4v) is 5.34. The van der Waals surface area contributed by atoms with Crippen LogP contribution in [-0.4, -0.2) is 16.7 Å². The Hall–Kier alpha value is -2.74. The Balaban J connectivity index is 1.92. The topological polar surface area (TPSA) is 115 Å². The lowest BCUT2D eigenvalue weighted by atomic mass is 9.69. The molecule has 0 fully saturated rings. The zero-order valence-electron chi connectivity index (χ0n) is 17.7. The maximum atomic E-state index is 12.8. The van der Waals surface area contributed by atoms with Crippen LogP contribution in [0.4, 0.5) is 10.7 Å². The number of nitro benzene ring substituents is 1. The number of primary amides is 1. The van der Waals surface area contributed by atoms with Gasteiger partial charge in [-0.2, -0.15) is 0 Å². The molecule has 0 saturated heterocycles. The van der Waals surface area contributed by atoms with Crippen LogP contribution in [0.15, 0.2) is 18.2 Å². The SMILES string of the molecule is CCC(C)(C)[C@H]1CCc2c(sc(NC(=O)c3ccc(C)c([N+](=O)[O-])c3)c2C(N)=O)C1. The van der Waals surface area contributed by atoms with Crippen LogP contribution in [0, 0.1) is 28.4 Å². The maximum Gasteiger partial charge on any atom is 0.273 e. The van der Waals surface area contributed by atoms with E-state index in [1.165, 1.54) is 23.5 Å². The number of hydrogen-bond donors (Lipinski definition) is 2. The molecule has 3 rings (SSSR count). The Bertz CT molecular complexity index is 1030. The van der Waals surface area contributed by atoms with E-state index in [1.54, 1.807) is 13.0 Å². The number of nitro groups is 1. The molecule has 1 atom stereocenters. The van der Waals surface area contributed by atoms with E-state index in [2.05, 4.69) is 26.1 Å². The first-order chi connectivity index (χ1) is 14.0. The van der Waals surface area contributed by atoms with Crippen molar-refractivity contribution in [3.63, 3.8) is 0 Å². The van der Waals surface area contributed by atoms with Gasteiger partial charge in [0.15, 0.2) is 0 Å². The van der Waals surface area contributed by atoms with Crippen LogP contribution in [0.3, 0.4) is 0 Å². The average Bonchev–Trinajstić information content (AvgIpc) is 3.05. The van der Waals surface area contributed by atoms with E-state index in [0.29, 0.717) is 22.0 Å². The number of nitrogens with one attached hydrogen (secondary N) is 1. The number of nitrogens with two attached hydrogens (primary N) is 1. The van der Waals surface area contributed by atoms with E-state index >= 15 is 0 Å². The lowest BCUT2D eigenvalue weighted by molar-refractivity contribution is -0.385. The second-order valence-corrected chi connectivity index (χ2v) is 9.67. The molecule has 0 unspecified atom stereocenters. The molecule has 0 bridgehead atoms. The molecule has 0 spiro atoms. The molecule has 1 aliphatic carbocycles. The van der Waals surface area contributed by atoms with E-state index in [-0.39, 0.29) is 16.7 Å². The van der Waals surface area contributed by atoms with Crippen molar-refractivity contribution in [2.75, 3.05) is 5.32 Å². The molecule has 3 N–H and O–H groups in total. The van der Waals surface area contributed by atoms with Gasteiger partial charge in [0.05, 0.1) is 10.5 Å². The predicted octanol–water partition coefficient (Wildman–Crippen LogP) is 4.86. The van der Waals surface area contributed by atoms with Crippen LogP contribution in [0.25, 0.3) is 0 Å². The highest BCUT2D eigenvalue weighted by atomic mass is 32.1. The molecule has 1 heterocycles. The summed E-state index contributed by atoms with van der Waals surface area (Å²) in [4.78, 5) is 36.7. The number of hydrogen-bond acceptors (Lipinski definition) is 5. The van der Waals surface area contributed by atoms with Crippen molar-refractivity contribution in [2.45, 2.75) is 53.4 Å². The molecular weight excluding hydrogens is 402 g/mol. The first-order valence-electron chi connectivity index (χ1n) is 10.1. The summed E-state index contributed by atoms with van der Waals surface area (Å²) in [5.41, 5.74) is 7.68. The van der Waals surface area contributed by atoms with E-state index in [0.717, 1.165) is 36.1 Å². The van der Waals surface area contributed by atoms with Gasteiger partial charge < -0.3 is 11.1 Å². The summed E-state index contributed by atoms with van der Waals surface area (Å²) in [7, 11) is 0. The Morgan fingerprint density at radius 3 is 2.67 bits per heavy atom. The average molecular weight is 430 g/mol. The number of anilines is 1. The molecule has 2 amide bonds. The van der Waals surface area contributed by atoms with Gasteiger partial charge >= 0.3 is 0 Å². The third-order valence-corrected chi connectivity index (χ3v) is 7.59. The van der Waals surface area contributed by atoms with Gasteiger partial charge in [0, 0.05) is 22.1 Å². The Morgan fingerprint density at radius 1 is 1.37 bits per heavy atom. The van der Waals surface area contributed by atoms with Crippen molar-refractivity contribution in [3.8, 4) is 0 Å². The molecule has 1 aromatic carbocycles. The number of amides is 2. The quantitative estimate of drug-likeness (QED) is 0.504. The summed E-state index contributed by atoms with van der Waals surface area (Å²) in [6.07, 6.45) is 3.65. The molecule has 1 aromatic heterocycles. The van der Waals surface area contributed by atoms with E-state index in [4.69, 9.17) is 5.73 Å². The first-order valence-corrected chi connectivity index (χ1v) is 10.9. The summed E-state index contributed by atoms with van der Waals surface area (Å²) < 4.78 is 0. The molecule has 0 aliphatic heterocycles. The minimum absolute atomic E-state index is 0.118. The Morgan fingerprint density at radius 2 is 2.07 bits per heavy atom. The number of nitrogens with zero attached hydrogens (tertiary/aromatic N) is 1. The predicted molar refractivity (Wildman–Crippen MR) is 118 cm³/mol. The fourth-order valence-electron chi connectivity index (χ4n) is 4.01. The second-order valence-electron chi connectivity index (χ2n) is 8.57. The summed E-state index contributed by atoms with van der Waals surface area (Å²) in [6, 6.07) is 4.33. The molecule has 2 aromatic rings. The Labute approximate surface area is 179 Å². The monoisotopic (exact) mass is 429 g/mol. The van der Waals surface area contributed by atoms with Gasteiger partial charge in [-0.25, -0.2) is 0 Å². The molecule has 160 valence electrons. The van der Waals surface area contributed by atoms with Gasteiger partial charge in [-0.05, 0) is 49.1 Å². The summed E-state index contributed by atoms with van der Waals surface area (Å²) >= 11 is 1.39. The summed E-state index contributed by atoms with van der Waals surface area (Å²) in [5, 5.41) is 14.4. The van der Waals surface area contributed by atoms with Gasteiger partial charge in [0.2, 0.25) is 0 Å². The van der Waals surface area contributed by atoms with Gasteiger partial charge in [0.25, 0.3) is 17.5 Å². The third-order valence-electron chi connectivity index (χ3n) is 6.42. The number of thiophene rings is 1. The van der Waals surface area contributed by atoms with Crippen molar-refractivity contribution in [2.24, 2.45) is 17.1 Å².